The maximum absolute atomic E-state index is 13.9. The first-order valence-electron chi connectivity index (χ1n) is 11.0. The first-order valence-corrected chi connectivity index (χ1v) is 11.0. The summed E-state index contributed by atoms with van der Waals surface area (Å²) < 4.78 is 39.6. The van der Waals surface area contributed by atoms with E-state index in [9.17, 15) is 19.0 Å². The maximum atomic E-state index is 13.9. The second-order valence-corrected chi connectivity index (χ2v) is 8.77. The van der Waals surface area contributed by atoms with E-state index in [4.69, 9.17) is 15.2 Å². The van der Waals surface area contributed by atoms with Gasteiger partial charge >= 0.3 is 0 Å². The Balaban J connectivity index is 1.38. The first kappa shape index (κ1) is 21.9. The van der Waals surface area contributed by atoms with E-state index in [1.54, 1.807) is 6.34 Å². The Morgan fingerprint density at radius 2 is 2.00 bits per heavy atom. The molecule has 5 rings (SSSR count). The van der Waals surface area contributed by atoms with Gasteiger partial charge in [0.2, 0.25) is 0 Å². The number of nitrogens with two attached hydrogens (primary N) is 1. The van der Waals surface area contributed by atoms with E-state index in [-0.39, 0.29) is 24.9 Å². The summed E-state index contributed by atoms with van der Waals surface area (Å²) in [6, 6.07) is 2.26. The zero-order valence-corrected chi connectivity index (χ0v) is 17.7. The second-order valence-electron chi connectivity index (χ2n) is 8.77. The minimum absolute atomic E-state index is 0.0342. The topological polar surface area (TPSA) is 104 Å². The van der Waals surface area contributed by atoms with Crippen LogP contribution in [0, 0.1) is 17.6 Å². The lowest BCUT2D eigenvalue weighted by atomic mass is 9.91. The van der Waals surface area contributed by atoms with Gasteiger partial charge in [-0.1, -0.05) is 6.08 Å². The Morgan fingerprint density at radius 3 is 2.78 bits per heavy atom. The summed E-state index contributed by atoms with van der Waals surface area (Å²) in [6.07, 6.45) is 1.05. The Bertz CT molecular complexity index is 931. The number of aliphatic hydroxyl groups excluding tert-OH is 2. The van der Waals surface area contributed by atoms with Gasteiger partial charge in [-0.05, 0) is 43.0 Å². The fourth-order valence-corrected chi connectivity index (χ4v) is 5.35. The van der Waals surface area contributed by atoms with Crippen LogP contribution in [-0.2, 0) is 15.9 Å². The molecule has 0 aliphatic carbocycles. The zero-order chi connectivity index (χ0) is 22.6. The van der Waals surface area contributed by atoms with Crippen molar-refractivity contribution in [2.45, 2.75) is 62.7 Å². The largest absolute Gasteiger partial charge is 0.387 e. The molecule has 4 aliphatic heterocycles. The number of rotatable bonds is 3. The molecule has 8 atom stereocenters. The molecule has 8 nitrogen and oxygen atoms in total. The normalized spacial score (nSPS) is 39.6. The van der Waals surface area contributed by atoms with Crippen molar-refractivity contribution in [3.8, 4) is 0 Å². The van der Waals surface area contributed by atoms with E-state index in [1.807, 2.05) is 29.0 Å². The molecule has 0 spiro atoms. The number of aliphatic imine (C=N–C) groups is 1. The maximum Gasteiger partial charge on any atom is 0.159 e. The van der Waals surface area contributed by atoms with Gasteiger partial charge in [-0.25, -0.2) is 8.78 Å². The van der Waals surface area contributed by atoms with Crippen molar-refractivity contribution >= 4 is 6.34 Å². The van der Waals surface area contributed by atoms with Gasteiger partial charge in [0.15, 0.2) is 11.6 Å². The quantitative estimate of drug-likeness (QED) is 0.627. The van der Waals surface area contributed by atoms with Gasteiger partial charge in [0.1, 0.15) is 36.8 Å². The number of aliphatic hydroxyl groups is 2. The highest BCUT2D eigenvalue weighted by Crippen LogP contribution is 2.42. The van der Waals surface area contributed by atoms with Gasteiger partial charge in [0.25, 0.3) is 0 Å². The van der Waals surface area contributed by atoms with Crippen LogP contribution in [0.15, 0.2) is 29.4 Å². The predicted molar refractivity (Wildman–Crippen MR) is 111 cm³/mol. The molecule has 3 unspecified atom stereocenters. The number of likely N-dealkylation sites (tertiary alicyclic amines) is 1. The van der Waals surface area contributed by atoms with Crippen LogP contribution < -0.4 is 5.73 Å². The van der Waals surface area contributed by atoms with E-state index < -0.39 is 42.3 Å². The molecular formula is C22H28F2N4O4. The lowest BCUT2D eigenvalue weighted by Crippen LogP contribution is -2.54. The van der Waals surface area contributed by atoms with Gasteiger partial charge in [-0.15, -0.1) is 0 Å². The second kappa shape index (κ2) is 8.44. The van der Waals surface area contributed by atoms with Crippen LogP contribution in [0.5, 0.6) is 0 Å². The Kier molecular flexibility index (Phi) is 5.77. The van der Waals surface area contributed by atoms with Gasteiger partial charge in [-0.3, -0.25) is 9.89 Å². The molecule has 4 N–H and O–H groups in total. The van der Waals surface area contributed by atoms with Crippen molar-refractivity contribution < 1.29 is 28.5 Å². The van der Waals surface area contributed by atoms with Crippen LogP contribution in [-0.4, -0.2) is 76.4 Å². The van der Waals surface area contributed by atoms with E-state index in [0.717, 1.165) is 18.6 Å². The Hall–Kier alpha value is -1.95. The van der Waals surface area contributed by atoms with Crippen LogP contribution in [0.25, 0.3) is 0 Å². The number of benzene rings is 1. The molecule has 4 heterocycles. The summed E-state index contributed by atoms with van der Waals surface area (Å²) in [5.41, 5.74) is 7.46. The number of ether oxygens (including phenoxy) is 2. The molecular weight excluding hydrogens is 422 g/mol. The lowest BCUT2D eigenvalue weighted by Gasteiger charge is -2.38. The summed E-state index contributed by atoms with van der Waals surface area (Å²) in [6.45, 7) is 2.78. The van der Waals surface area contributed by atoms with Crippen molar-refractivity contribution in [3.05, 3.63) is 47.2 Å². The minimum atomic E-state index is -1.26. The number of hydrogen-bond donors (Lipinski definition) is 3. The summed E-state index contributed by atoms with van der Waals surface area (Å²) >= 11 is 0. The molecule has 4 aliphatic rings. The van der Waals surface area contributed by atoms with Gasteiger partial charge in [-0.2, -0.15) is 0 Å². The number of hydrogen-bond acceptors (Lipinski definition) is 8. The van der Waals surface area contributed by atoms with E-state index >= 15 is 0 Å². The van der Waals surface area contributed by atoms with Crippen molar-refractivity contribution in [3.63, 3.8) is 0 Å². The van der Waals surface area contributed by atoms with E-state index in [0.29, 0.717) is 24.1 Å². The fraction of sp³-hybridized carbons (Fsp3) is 0.591. The number of allylic oxidation sites excluding steroid dienone is 1. The highest BCUT2D eigenvalue weighted by atomic mass is 19.2. The SMILES string of the molecule is C/C=C/N1C=NC2C(CCN2[C@@H]2O[C@H]([C@@H]3OCCc4cc(F)c(F)cc43)[C@@H](O)[C@H]2O)C1N. The predicted octanol–water partition coefficient (Wildman–Crippen LogP) is 0.836. The average Bonchev–Trinajstić information content (AvgIpc) is 3.33. The fourth-order valence-electron chi connectivity index (χ4n) is 5.35. The first-order chi connectivity index (χ1) is 15.4. The lowest BCUT2D eigenvalue weighted by molar-refractivity contribution is -0.138. The molecule has 2 fully saturated rings. The molecule has 32 heavy (non-hydrogen) atoms. The third kappa shape index (κ3) is 3.46. The van der Waals surface area contributed by atoms with Crippen molar-refractivity contribution in [2.24, 2.45) is 16.6 Å². The van der Waals surface area contributed by atoms with E-state index in [1.165, 1.54) is 0 Å². The Morgan fingerprint density at radius 1 is 1.22 bits per heavy atom. The van der Waals surface area contributed by atoms with E-state index in [2.05, 4.69) is 4.99 Å². The summed E-state index contributed by atoms with van der Waals surface area (Å²) in [4.78, 5) is 8.39. The molecule has 2 saturated heterocycles. The number of halogens is 2. The van der Waals surface area contributed by atoms with Crippen molar-refractivity contribution in [1.82, 2.24) is 9.80 Å². The molecule has 0 saturated carbocycles. The van der Waals surface area contributed by atoms with Crippen LogP contribution >= 0.6 is 0 Å². The number of nitrogens with zero attached hydrogens (tertiary/aromatic N) is 3. The minimum Gasteiger partial charge on any atom is -0.387 e. The average molecular weight is 450 g/mol. The van der Waals surface area contributed by atoms with Crippen LogP contribution in [0.2, 0.25) is 0 Å². The molecule has 0 bridgehead atoms. The third-order valence-corrected chi connectivity index (χ3v) is 6.96. The highest BCUT2D eigenvalue weighted by Gasteiger charge is 2.54. The standard InChI is InChI=1S/C22H28F2N4O4/c1-2-5-27-10-26-21-12(20(27)25)3-6-28(21)22-17(30)16(29)19(32-22)18-13-9-15(24)14(23)8-11(13)4-7-31-18/h2,5,8-10,12,16-22,29-30H,3-4,6-7,25H2,1H3/b5-2+/t12?,16-,17+,18+,19-,20?,21?,22+/m0/s1. The number of fused-ring (bicyclic) bond motifs is 2. The molecule has 1 aromatic carbocycles. The molecule has 0 radical (unpaired) electrons. The summed E-state index contributed by atoms with van der Waals surface area (Å²) in [5.74, 6) is -1.87. The van der Waals surface area contributed by atoms with Crippen molar-refractivity contribution in [2.75, 3.05) is 13.2 Å². The monoisotopic (exact) mass is 450 g/mol. The summed E-state index contributed by atoms with van der Waals surface area (Å²) in [7, 11) is 0. The zero-order valence-electron chi connectivity index (χ0n) is 17.7. The highest BCUT2D eigenvalue weighted by molar-refractivity contribution is 5.58. The third-order valence-electron chi connectivity index (χ3n) is 6.96. The molecule has 0 amide bonds. The molecule has 10 heteroatoms. The van der Waals surface area contributed by atoms with Crippen molar-refractivity contribution in [1.29, 1.82) is 0 Å². The smallest absolute Gasteiger partial charge is 0.159 e. The van der Waals surface area contributed by atoms with Gasteiger partial charge in [0, 0.05) is 18.7 Å². The molecule has 0 aromatic heterocycles. The molecule has 1 aromatic rings. The van der Waals surface area contributed by atoms with Gasteiger partial charge in [0.05, 0.1) is 19.1 Å². The van der Waals surface area contributed by atoms with Crippen LogP contribution in [0.3, 0.4) is 0 Å². The summed E-state index contributed by atoms with van der Waals surface area (Å²) in [5, 5.41) is 21.7. The van der Waals surface area contributed by atoms with Crippen LogP contribution in [0.4, 0.5) is 8.78 Å². The van der Waals surface area contributed by atoms with Crippen LogP contribution in [0.1, 0.15) is 30.6 Å². The Labute approximate surface area is 184 Å². The molecule has 174 valence electrons. The van der Waals surface area contributed by atoms with Gasteiger partial charge < -0.3 is 30.3 Å².